The van der Waals surface area contributed by atoms with Crippen LogP contribution >= 0.6 is 0 Å². The van der Waals surface area contributed by atoms with E-state index in [4.69, 9.17) is 10.8 Å². The van der Waals surface area contributed by atoms with Crippen molar-refractivity contribution >= 4 is 16.7 Å². The molecule has 0 bridgehead atoms. The summed E-state index contributed by atoms with van der Waals surface area (Å²) >= 11 is 0. The van der Waals surface area contributed by atoms with Crippen LogP contribution in [0.1, 0.15) is 0 Å². The molecule has 0 saturated carbocycles. The van der Waals surface area contributed by atoms with Crippen LogP contribution in [-0.2, 0) is 0 Å². The Morgan fingerprint density at radius 3 is 3.00 bits per heavy atom. The summed E-state index contributed by atoms with van der Waals surface area (Å²) < 4.78 is 1.65. The fourth-order valence-corrected chi connectivity index (χ4v) is 1.36. The van der Waals surface area contributed by atoms with Gasteiger partial charge in [-0.2, -0.15) is 0 Å². The number of anilines is 1. The molecule has 6 nitrogen and oxygen atoms in total. The zero-order valence-corrected chi connectivity index (χ0v) is 8.01. The summed E-state index contributed by atoms with van der Waals surface area (Å²) in [6, 6.07) is 3.13. The first-order chi connectivity index (χ1) is 7.22. The molecule has 2 rings (SSSR count). The van der Waals surface area contributed by atoms with Gasteiger partial charge in [-0.1, -0.05) is 0 Å². The maximum atomic E-state index is 9.37. The topological polar surface area (TPSA) is 96.3 Å². The number of hydrogen-bond acceptors (Lipinski definition) is 5. The van der Waals surface area contributed by atoms with Crippen LogP contribution < -0.4 is 11.2 Å². The average Bonchev–Trinajstić information content (AvgIpc) is 2.59. The molecule has 5 N–H and O–H groups in total. The normalized spacial score (nSPS) is 10.7. The van der Waals surface area contributed by atoms with Gasteiger partial charge in [0.25, 0.3) is 0 Å². The number of imidazole rings is 1. The lowest BCUT2D eigenvalue weighted by molar-refractivity contribution is 0.307. The second kappa shape index (κ2) is 3.66. The number of hydrogen-bond donors (Lipinski definition) is 4. The molecule has 6 heteroatoms. The first-order valence-corrected chi connectivity index (χ1v) is 4.52. The minimum atomic E-state index is 0.0231. The lowest BCUT2D eigenvalue weighted by Gasteiger charge is -2.06. The molecule has 0 aliphatic heterocycles. The SMILES string of the molecule is Nc1cc2c(cc1O)ncn2NCCO. The summed E-state index contributed by atoms with van der Waals surface area (Å²) in [5.74, 6) is 0.0231. The van der Waals surface area contributed by atoms with E-state index in [-0.39, 0.29) is 12.4 Å². The average molecular weight is 208 g/mol. The monoisotopic (exact) mass is 208 g/mol. The Morgan fingerprint density at radius 2 is 2.27 bits per heavy atom. The maximum absolute atomic E-state index is 9.37. The van der Waals surface area contributed by atoms with Gasteiger partial charge in [-0.3, -0.25) is 0 Å². The van der Waals surface area contributed by atoms with Gasteiger partial charge >= 0.3 is 0 Å². The number of fused-ring (bicyclic) bond motifs is 1. The number of nitrogen functional groups attached to an aromatic ring is 1. The second-order valence-electron chi connectivity index (χ2n) is 3.15. The highest BCUT2D eigenvalue weighted by Crippen LogP contribution is 2.25. The molecule has 0 fully saturated rings. The van der Waals surface area contributed by atoms with E-state index in [2.05, 4.69) is 10.4 Å². The van der Waals surface area contributed by atoms with Crippen LogP contribution in [0.3, 0.4) is 0 Å². The van der Waals surface area contributed by atoms with Crippen LogP contribution in [0, 0.1) is 0 Å². The van der Waals surface area contributed by atoms with Gasteiger partial charge in [0.15, 0.2) is 0 Å². The molecule has 0 saturated heterocycles. The number of phenolic OH excluding ortho intramolecular Hbond substituents is 1. The molecule has 2 aromatic rings. The van der Waals surface area contributed by atoms with Crippen molar-refractivity contribution in [3.8, 4) is 5.75 Å². The Bertz CT molecular complexity index is 480. The highest BCUT2D eigenvalue weighted by molar-refractivity contribution is 5.82. The van der Waals surface area contributed by atoms with Crippen LogP contribution in [-0.4, -0.2) is 33.0 Å². The first-order valence-electron chi connectivity index (χ1n) is 4.52. The van der Waals surface area contributed by atoms with Crippen LogP contribution in [0.15, 0.2) is 18.5 Å². The van der Waals surface area contributed by atoms with Gasteiger partial charge in [0.2, 0.25) is 0 Å². The molecule has 0 unspecified atom stereocenters. The number of nitrogens with one attached hydrogen (secondary N) is 1. The van der Waals surface area contributed by atoms with Crippen molar-refractivity contribution in [2.24, 2.45) is 0 Å². The molecule has 0 aliphatic rings. The van der Waals surface area contributed by atoms with E-state index in [1.165, 1.54) is 6.07 Å². The number of nitrogens with two attached hydrogens (primary N) is 1. The molecule has 0 atom stereocenters. The third kappa shape index (κ3) is 1.66. The largest absolute Gasteiger partial charge is 0.506 e. The summed E-state index contributed by atoms with van der Waals surface area (Å²) in [4.78, 5) is 4.08. The molecule has 80 valence electrons. The number of phenols is 1. The molecule has 15 heavy (non-hydrogen) atoms. The zero-order chi connectivity index (χ0) is 10.8. The van der Waals surface area contributed by atoms with Crippen LogP contribution in [0.25, 0.3) is 11.0 Å². The lowest BCUT2D eigenvalue weighted by atomic mass is 10.2. The molecular formula is C9H12N4O2. The summed E-state index contributed by atoms with van der Waals surface area (Å²) in [6.07, 6.45) is 1.57. The summed E-state index contributed by atoms with van der Waals surface area (Å²) in [5.41, 5.74) is 10.2. The van der Waals surface area contributed by atoms with E-state index in [0.717, 1.165) is 5.52 Å². The molecule has 0 radical (unpaired) electrons. The van der Waals surface area contributed by atoms with E-state index >= 15 is 0 Å². The third-order valence-electron chi connectivity index (χ3n) is 2.09. The molecule has 1 aromatic carbocycles. The fourth-order valence-electron chi connectivity index (χ4n) is 1.36. The Balaban J connectivity index is 2.45. The molecule has 1 heterocycles. The molecule has 1 aromatic heterocycles. The lowest BCUT2D eigenvalue weighted by Crippen LogP contribution is -2.17. The number of aromatic nitrogens is 2. The van der Waals surface area contributed by atoms with E-state index < -0.39 is 0 Å². The van der Waals surface area contributed by atoms with Crippen molar-refractivity contribution in [2.45, 2.75) is 0 Å². The first kappa shape index (κ1) is 9.60. The molecule has 0 aliphatic carbocycles. The minimum Gasteiger partial charge on any atom is -0.506 e. The van der Waals surface area contributed by atoms with Gasteiger partial charge in [-0.25, -0.2) is 9.66 Å². The number of rotatable bonds is 3. The van der Waals surface area contributed by atoms with Gasteiger partial charge in [0, 0.05) is 6.07 Å². The predicted molar refractivity (Wildman–Crippen MR) is 57.1 cm³/mol. The van der Waals surface area contributed by atoms with Crippen LogP contribution in [0.5, 0.6) is 5.75 Å². The fraction of sp³-hybridized carbons (Fsp3) is 0.222. The van der Waals surface area contributed by atoms with Gasteiger partial charge in [0.05, 0.1) is 29.9 Å². The van der Waals surface area contributed by atoms with Crippen molar-refractivity contribution < 1.29 is 10.2 Å². The summed E-state index contributed by atoms with van der Waals surface area (Å²) in [7, 11) is 0. The number of aromatic hydroxyl groups is 1. The highest BCUT2D eigenvalue weighted by Gasteiger charge is 2.05. The Hall–Kier alpha value is -1.95. The van der Waals surface area contributed by atoms with Crippen molar-refractivity contribution in [1.82, 2.24) is 9.66 Å². The quantitative estimate of drug-likeness (QED) is 0.416. The maximum Gasteiger partial charge on any atom is 0.140 e. The van der Waals surface area contributed by atoms with Crippen LogP contribution in [0.4, 0.5) is 5.69 Å². The van der Waals surface area contributed by atoms with E-state index in [1.807, 2.05) is 0 Å². The van der Waals surface area contributed by atoms with Gasteiger partial charge in [-0.05, 0) is 6.07 Å². The van der Waals surface area contributed by atoms with Crippen LogP contribution in [0.2, 0.25) is 0 Å². The second-order valence-corrected chi connectivity index (χ2v) is 3.15. The number of nitrogens with zero attached hydrogens (tertiary/aromatic N) is 2. The van der Waals surface area contributed by atoms with E-state index in [9.17, 15) is 5.11 Å². The highest BCUT2D eigenvalue weighted by atomic mass is 16.3. The van der Waals surface area contributed by atoms with E-state index in [1.54, 1.807) is 17.1 Å². The van der Waals surface area contributed by atoms with Gasteiger partial charge in [0.1, 0.15) is 12.1 Å². The number of aliphatic hydroxyl groups is 1. The van der Waals surface area contributed by atoms with Crippen molar-refractivity contribution in [1.29, 1.82) is 0 Å². The third-order valence-corrected chi connectivity index (χ3v) is 2.09. The Kier molecular flexibility index (Phi) is 2.34. The molecule has 0 spiro atoms. The van der Waals surface area contributed by atoms with E-state index in [0.29, 0.717) is 17.7 Å². The standard InChI is InChI=1S/C9H12N4O2/c10-6-3-8-7(4-9(6)15)11-5-13(8)12-1-2-14/h3-5,12,14-15H,1-2,10H2. The minimum absolute atomic E-state index is 0.0231. The van der Waals surface area contributed by atoms with Crippen molar-refractivity contribution in [3.63, 3.8) is 0 Å². The van der Waals surface area contributed by atoms with Crippen molar-refractivity contribution in [3.05, 3.63) is 18.5 Å². The van der Waals surface area contributed by atoms with Crippen molar-refractivity contribution in [2.75, 3.05) is 24.3 Å². The number of aliphatic hydroxyl groups excluding tert-OH is 1. The Labute approximate surface area is 85.9 Å². The summed E-state index contributed by atoms with van der Waals surface area (Å²) in [5, 5.41) is 18.0. The Morgan fingerprint density at radius 1 is 1.47 bits per heavy atom. The number of benzene rings is 1. The zero-order valence-electron chi connectivity index (χ0n) is 8.01. The summed E-state index contributed by atoms with van der Waals surface area (Å²) in [6.45, 7) is 0.458. The predicted octanol–water partition coefficient (Wildman–Crippen LogP) is -0.140. The smallest absolute Gasteiger partial charge is 0.140 e. The molecular weight excluding hydrogens is 196 g/mol. The molecule has 0 amide bonds. The van der Waals surface area contributed by atoms with Gasteiger partial charge in [-0.15, -0.1) is 0 Å². The van der Waals surface area contributed by atoms with Gasteiger partial charge < -0.3 is 21.4 Å².